The summed E-state index contributed by atoms with van der Waals surface area (Å²) in [4.78, 5) is 0.495. The summed E-state index contributed by atoms with van der Waals surface area (Å²) in [6, 6.07) is 7.59. The van der Waals surface area contributed by atoms with Crippen molar-refractivity contribution in [3.63, 3.8) is 0 Å². The maximum absolute atomic E-state index is 5.69. The van der Waals surface area contributed by atoms with Gasteiger partial charge in [0.05, 0.1) is 0 Å². The number of halogens is 2. The van der Waals surface area contributed by atoms with Crippen LogP contribution in [0.1, 0.15) is 22.7 Å². The van der Waals surface area contributed by atoms with Gasteiger partial charge in [-0.05, 0) is 31.9 Å². The maximum Gasteiger partial charge on any atom is 0.212 e. The minimum Gasteiger partial charge on any atom is -0.398 e. The summed E-state index contributed by atoms with van der Waals surface area (Å²) < 4.78 is 4.20. The predicted octanol–water partition coefficient (Wildman–Crippen LogP) is 2.69. The van der Waals surface area contributed by atoms with Crippen LogP contribution in [0.4, 0.5) is 11.4 Å². The van der Waals surface area contributed by atoms with Crippen molar-refractivity contribution in [2.24, 2.45) is 0 Å². The Labute approximate surface area is 135 Å². The van der Waals surface area contributed by atoms with Crippen LogP contribution in [-0.4, -0.2) is 0 Å². The zero-order valence-corrected chi connectivity index (χ0v) is 14.2. The van der Waals surface area contributed by atoms with Gasteiger partial charge in [-0.15, -0.1) is 0 Å². The third-order valence-electron chi connectivity index (χ3n) is 3.05. The molecule has 0 saturated heterocycles. The first-order valence-corrected chi connectivity index (χ1v) is 8.20. The van der Waals surface area contributed by atoms with Crippen LogP contribution in [0.25, 0.3) is 0 Å². The maximum atomic E-state index is 5.69. The van der Waals surface area contributed by atoms with E-state index < -0.39 is 0 Å². The topological polar surface area (TPSA) is 59.8 Å². The number of anilines is 2. The first-order valence-electron chi connectivity index (χ1n) is 6.37. The summed E-state index contributed by atoms with van der Waals surface area (Å²) in [6.07, 6.45) is 9.90. The lowest BCUT2D eigenvalue weighted by molar-refractivity contribution is -0.709. The molecule has 0 aliphatic heterocycles. The number of nitrogens with zero attached hydrogens (tertiary/aromatic N) is 2. The molecule has 106 valence electrons. The molecule has 0 aliphatic rings. The van der Waals surface area contributed by atoms with E-state index in [9.17, 15) is 0 Å². The molecule has 0 bridgehead atoms. The van der Waals surface area contributed by atoms with Crippen molar-refractivity contribution in [3.8, 4) is 0 Å². The molecule has 2 aromatic rings. The molecule has 2 rings (SSSR count). The second-order valence-corrected chi connectivity index (χ2v) is 6.72. The average Bonchev–Trinajstić information content (AvgIpc) is 2.46. The highest BCUT2D eigenvalue weighted by molar-refractivity contribution is 9.09. The molecule has 4 nitrogen and oxygen atoms in total. The summed E-state index contributed by atoms with van der Waals surface area (Å²) in [5, 5.41) is 0. The Bertz CT molecular complexity index is 491. The Kier molecular flexibility index (Phi) is 5.37. The van der Waals surface area contributed by atoms with E-state index in [2.05, 4.69) is 41.0 Å². The third-order valence-corrected chi connectivity index (χ3v) is 4.91. The molecule has 20 heavy (non-hydrogen) atoms. The van der Waals surface area contributed by atoms with Crippen molar-refractivity contribution in [2.45, 2.75) is 22.7 Å². The molecule has 0 saturated carbocycles. The highest BCUT2D eigenvalue weighted by atomic mass is 79.9. The SMILES string of the molecule is Nc1cc[n+](C(Br)CCC(Br)[n+]2ccc(N)cc2)cc1. The van der Waals surface area contributed by atoms with Gasteiger partial charge in [-0.1, -0.05) is 0 Å². The lowest BCUT2D eigenvalue weighted by atomic mass is 10.3. The lowest BCUT2D eigenvalue weighted by Gasteiger charge is -2.08. The lowest BCUT2D eigenvalue weighted by Crippen LogP contribution is -2.38. The number of alkyl halides is 2. The van der Waals surface area contributed by atoms with Gasteiger partial charge in [0.2, 0.25) is 9.90 Å². The van der Waals surface area contributed by atoms with Crippen molar-refractivity contribution >= 4 is 43.2 Å². The van der Waals surface area contributed by atoms with E-state index in [4.69, 9.17) is 11.5 Å². The van der Waals surface area contributed by atoms with E-state index in [1.54, 1.807) is 0 Å². The fraction of sp³-hybridized carbons (Fsp3) is 0.286. The molecule has 6 heteroatoms. The first kappa shape index (κ1) is 15.3. The number of hydrogen-bond donors (Lipinski definition) is 2. The monoisotopic (exact) mass is 400 g/mol. The van der Waals surface area contributed by atoms with Crippen LogP contribution in [0.15, 0.2) is 49.1 Å². The van der Waals surface area contributed by atoms with Gasteiger partial charge in [-0.3, -0.25) is 0 Å². The van der Waals surface area contributed by atoms with Crippen LogP contribution in [-0.2, 0) is 0 Å². The highest BCUT2D eigenvalue weighted by Gasteiger charge is 2.20. The van der Waals surface area contributed by atoms with Crippen LogP contribution in [0.5, 0.6) is 0 Å². The summed E-state index contributed by atoms with van der Waals surface area (Å²) in [6.45, 7) is 0. The van der Waals surface area contributed by atoms with Crippen LogP contribution >= 0.6 is 31.9 Å². The van der Waals surface area contributed by atoms with Gasteiger partial charge >= 0.3 is 0 Å². The molecule has 0 aliphatic carbocycles. The van der Waals surface area contributed by atoms with Gasteiger partial charge in [0.15, 0.2) is 24.8 Å². The van der Waals surface area contributed by atoms with Crippen LogP contribution in [0.2, 0.25) is 0 Å². The summed E-state index contributed by atoms with van der Waals surface area (Å²) in [5.74, 6) is 0. The largest absolute Gasteiger partial charge is 0.398 e. The van der Waals surface area contributed by atoms with Crippen LogP contribution in [0.3, 0.4) is 0 Å². The molecule has 0 amide bonds. The van der Waals surface area contributed by atoms with Gasteiger partial charge in [-0.2, -0.15) is 9.13 Å². The second-order valence-electron chi connectivity index (χ2n) is 4.60. The average molecular weight is 402 g/mol. The zero-order chi connectivity index (χ0) is 14.5. The van der Waals surface area contributed by atoms with Crippen molar-refractivity contribution in [3.05, 3.63) is 49.1 Å². The van der Waals surface area contributed by atoms with E-state index >= 15 is 0 Å². The van der Waals surface area contributed by atoms with E-state index in [1.807, 2.05) is 49.1 Å². The summed E-state index contributed by atoms with van der Waals surface area (Å²) in [7, 11) is 0. The second kappa shape index (κ2) is 7.04. The Balaban J connectivity index is 1.91. The number of rotatable bonds is 5. The molecule has 0 radical (unpaired) electrons. The smallest absolute Gasteiger partial charge is 0.212 e. The van der Waals surface area contributed by atoms with Gasteiger partial charge < -0.3 is 11.5 Å². The number of pyridine rings is 2. The molecule has 4 N–H and O–H groups in total. The molecule has 2 heterocycles. The van der Waals surface area contributed by atoms with Crippen LogP contribution in [0, 0.1) is 0 Å². The van der Waals surface area contributed by atoms with E-state index in [1.165, 1.54) is 0 Å². The van der Waals surface area contributed by atoms with Crippen molar-refractivity contribution in [1.82, 2.24) is 0 Å². The standard InChI is InChI=1S/C14H16Br2N4/c15-13(19-7-3-11(17)4-8-19)1-2-14(16)20-9-5-12(18)6-10-20/h3-10,13-14,17-18H,1-2H2/p+2. The molecule has 0 spiro atoms. The van der Waals surface area contributed by atoms with Crippen molar-refractivity contribution < 1.29 is 9.13 Å². The van der Waals surface area contributed by atoms with E-state index in [-0.39, 0.29) is 9.90 Å². The highest BCUT2D eigenvalue weighted by Crippen LogP contribution is 2.22. The minimum absolute atomic E-state index is 0.248. The normalized spacial score (nSPS) is 13.9. The number of nitrogens with two attached hydrogens (primary N) is 2. The Hall–Kier alpha value is -1.14. The molecule has 2 unspecified atom stereocenters. The van der Waals surface area contributed by atoms with E-state index in [0.717, 1.165) is 24.2 Å². The minimum atomic E-state index is 0.248. The quantitative estimate of drug-likeness (QED) is 0.597. The van der Waals surface area contributed by atoms with Crippen molar-refractivity contribution in [2.75, 3.05) is 11.5 Å². The Morgan fingerprint density at radius 1 is 0.750 bits per heavy atom. The number of aromatic nitrogens is 2. The Morgan fingerprint density at radius 3 is 1.35 bits per heavy atom. The molecule has 0 fully saturated rings. The summed E-state index contributed by atoms with van der Waals surface area (Å²) in [5.41, 5.74) is 12.9. The fourth-order valence-corrected chi connectivity index (χ4v) is 2.92. The first-order chi connectivity index (χ1) is 9.56. The van der Waals surface area contributed by atoms with Crippen LogP contribution < -0.4 is 20.6 Å². The van der Waals surface area contributed by atoms with E-state index in [0.29, 0.717) is 0 Å². The molecular weight excluding hydrogens is 384 g/mol. The summed E-state index contributed by atoms with van der Waals surface area (Å²) >= 11 is 7.39. The molecule has 2 aromatic heterocycles. The third kappa shape index (κ3) is 4.18. The number of nitrogen functional groups attached to an aromatic ring is 2. The van der Waals surface area contributed by atoms with Gasteiger partial charge in [-0.25, -0.2) is 0 Å². The number of hydrogen-bond acceptors (Lipinski definition) is 2. The zero-order valence-electron chi connectivity index (χ0n) is 11.0. The fourth-order valence-electron chi connectivity index (χ4n) is 1.85. The Morgan fingerprint density at radius 2 is 1.05 bits per heavy atom. The van der Waals surface area contributed by atoms with Gasteiger partial charge in [0.25, 0.3) is 0 Å². The van der Waals surface area contributed by atoms with Crippen molar-refractivity contribution in [1.29, 1.82) is 0 Å². The van der Waals surface area contributed by atoms with Gasteiger partial charge in [0, 0.05) is 48.5 Å². The molecular formula is C14H18Br2N4+2. The molecule has 2 atom stereocenters. The van der Waals surface area contributed by atoms with Gasteiger partial charge in [0.1, 0.15) is 0 Å². The predicted molar refractivity (Wildman–Crippen MR) is 87.3 cm³/mol. The molecule has 0 aromatic carbocycles.